The van der Waals surface area contributed by atoms with E-state index in [4.69, 9.17) is 4.74 Å². The van der Waals surface area contributed by atoms with Gasteiger partial charge in [-0.25, -0.2) is 0 Å². The van der Waals surface area contributed by atoms with E-state index in [-0.39, 0.29) is 0 Å². The molecule has 1 aliphatic carbocycles. The summed E-state index contributed by atoms with van der Waals surface area (Å²) in [5, 5.41) is 3.72. The van der Waals surface area contributed by atoms with Crippen LogP contribution in [0, 0.1) is 5.92 Å². The summed E-state index contributed by atoms with van der Waals surface area (Å²) in [6.45, 7) is 7.92. The van der Waals surface area contributed by atoms with Crippen molar-refractivity contribution in [3.05, 3.63) is 0 Å². The van der Waals surface area contributed by atoms with Crippen LogP contribution in [0.4, 0.5) is 0 Å². The zero-order valence-corrected chi connectivity index (χ0v) is 10.9. The van der Waals surface area contributed by atoms with Gasteiger partial charge in [0.25, 0.3) is 0 Å². The van der Waals surface area contributed by atoms with Gasteiger partial charge in [-0.05, 0) is 32.1 Å². The molecule has 0 aromatic carbocycles. The van der Waals surface area contributed by atoms with Gasteiger partial charge in [0.15, 0.2) is 0 Å². The molecule has 0 radical (unpaired) electrons. The summed E-state index contributed by atoms with van der Waals surface area (Å²) in [6.07, 6.45) is 4.46. The summed E-state index contributed by atoms with van der Waals surface area (Å²) in [5.41, 5.74) is 0. The SMILES string of the molecule is CCC1CNC(C2CC2)CN1CC(C)OC. The number of rotatable bonds is 5. The summed E-state index contributed by atoms with van der Waals surface area (Å²) in [4.78, 5) is 2.63. The van der Waals surface area contributed by atoms with Gasteiger partial charge in [0.05, 0.1) is 6.10 Å². The first-order valence-electron chi connectivity index (χ1n) is 6.74. The van der Waals surface area contributed by atoms with Crippen LogP contribution in [-0.2, 0) is 4.74 Å². The van der Waals surface area contributed by atoms with Gasteiger partial charge in [0.1, 0.15) is 0 Å². The topological polar surface area (TPSA) is 24.5 Å². The Morgan fingerprint density at radius 1 is 1.44 bits per heavy atom. The van der Waals surface area contributed by atoms with Crippen molar-refractivity contribution < 1.29 is 4.74 Å². The van der Waals surface area contributed by atoms with Gasteiger partial charge in [-0.15, -0.1) is 0 Å². The van der Waals surface area contributed by atoms with E-state index >= 15 is 0 Å². The summed E-state index contributed by atoms with van der Waals surface area (Å²) in [7, 11) is 1.81. The first-order chi connectivity index (χ1) is 7.74. The molecule has 2 aliphatic rings. The van der Waals surface area contributed by atoms with Crippen LogP contribution in [0.2, 0.25) is 0 Å². The minimum Gasteiger partial charge on any atom is -0.380 e. The lowest BCUT2D eigenvalue weighted by Gasteiger charge is -2.41. The van der Waals surface area contributed by atoms with E-state index in [1.807, 2.05) is 7.11 Å². The molecule has 0 bridgehead atoms. The molecule has 0 aromatic rings. The zero-order chi connectivity index (χ0) is 11.5. The Morgan fingerprint density at radius 2 is 2.19 bits per heavy atom. The molecule has 3 nitrogen and oxygen atoms in total. The maximum Gasteiger partial charge on any atom is 0.0670 e. The molecule has 3 atom stereocenters. The van der Waals surface area contributed by atoms with Gasteiger partial charge in [0.2, 0.25) is 0 Å². The average Bonchev–Trinajstić information content (AvgIpc) is 3.12. The third kappa shape index (κ3) is 2.96. The second-order valence-corrected chi connectivity index (χ2v) is 5.41. The van der Waals surface area contributed by atoms with Crippen LogP contribution in [0.3, 0.4) is 0 Å². The first kappa shape index (κ1) is 12.3. The molecular weight excluding hydrogens is 200 g/mol. The number of hydrogen-bond acceptors (Lipinski definition) is 3. The van der Waals surface area contributed by atoms with Crippen LogP contribution < -0.4 is 5.32 Å². The van der Waals surface area contributed by atoms with E-state index in [0.29, 0.717) is 12.1 Å². The van der Waals surface area contributed by atoms with Crippen molar-refractivity contribution in [2.45, 2.75) is 51.3 Å². The van der Waals surface area contributed by atoms with Crippen LogP contribution in [0.5, 0.6) is 0 Å². The second kappa shape index (κ2) is 5.48. The van der Waals surface area contributed by atoms with E-state index in [1.54, 1.807) is 0 Å². The molecule has 3 heteroatoms. The smallest absolute Gasteiger partial charge is 0.0670 e. The molecule has 1 saturated heterocycles. The highest BCUT2D eigenvalue weighted by Crippen LogP contribution is 2.34. The molecule has 1 N–H and O–H groups in total. The third-order valence-electron chi connectivity index (χ3n) is 4.12. The standard InChI is InChI=1S/C13H26N2O/c1-4-12-7-14-13(11-5-6-11)9-15(12)8-10(2)16-3/h10-14H,4-9H2,1-3H3. The molecule has 0 spiro atoms. The van der Waals surface area contributed by atoms with E-state index in [0.717, 1.165) is 25.0 Å². The maximum atomic E-state index is 5.40. The molecule has 0 aromatic heterocycles. The summed E-state index contributed by atoms with van der Waals surface area (Å²) in [5.74, 6) is 0.957. The van der Waals surface area contributed by atoms with Crippen LogP contribution in [-0.4, -0.2) is 49.8 Å². The van der Waals surface area contributed by atoms with Crippen molar-refractivity contribution in [1.29, 1.82) is 0 Å². The van der Waals surface area contributed by atoms with Crippen molar-refractivity contribution in [2.24, 2.45) is 5.92 Å². The Bertz CT molecular complexity index is 218. The van der Waals surface area contributed by atoms with Crippen molar-refractivity contribution >= 4 is 0 Å². The van der Waals surface area contributed by atoms with Gasteiger partial charge in [-0.3, -0.25) is 4.90 Å². The van der Waals surface area contributed by atoms with Crippen LogP contribution in [0.25, 0.3) is 0 Å². The first-order valence-corrected chi connectivity index (χ1v) is 6.74. The fraction of sp³-hybridized carbons (Fsp3) is 1.00. The number of hydrogen-bond donors (Lipinski definition) is 1. The summed E-state index contributed by atoms with van der Waals surface area (Å²) in [6, 6.07) is 1.44. The Morgan fingerprint density at radius 3 is 2.75 bits per heavy atom. The third-order valence-corrected chi connectivity index (χ3v) is 4.12. The molecule has 2 rings (SSSR count). The highest BCUT2D eigenvalue weighted by Gasteiger charge is 2.36. The normalized spacial score (nSPS) is 33.9. The molecule has 1 aliphatic heterocycles. The lowest BCUT2D eigenvalue weighted by molar-refractivity contribution is 0.0376. The maximum absolute atomic E-state index is 5.40. The van der Waals surface area contributed by atoms with Crippen molar-refractivity contribution in [1.82, 2.24) is 10.2 Å². The minimum absolute atomic E-state index is 0.354. The van der Waals surface area contributed by atoms with Crippen molar-refractivity contribution in [2.75, 3.05) is 26.7 Å². The Balaban J connectivity index is 1.87. The largest absolute Gasteiger partial charge is 0.380 e. The average molecular weight is 226 g/mol. The van der Waals surface area contributed by atoms with Gasteiger partial charge in [-0.1, -0.05) is 6.92 Å². The highest BCUT2D eigenvalue weighted by atomic mass is 16.5. The molecule has 2 fully saturated rings. The molecule has 94 valence electrons. The predicted molar refractivity (Wildman–Crippen MR) is 66.6 cm³/mol. The lowest BCUT2D eigenvalue weighted by atomic mass is 10.0. The monoisotopic (exact) mass is 226 g/mol. The number of ether oxygens (including phenoxy) is 1. The van der Waals surface area contributed by atoms with E-state index in [9.17, 15) is 0 Å². The zero-order valence-electron chi connectivity index (χ0n) is 10.9. The molecule has 0 amide bonds. The van der Waals surface area contributed by atoms with Crippen molar-refractivity contribution in [3.8, 4) is 0 Å². The van der Waals surface area contributed by atoms with E-state index < -0.39 is 0 Å². The Labute approximate surface area is 99.5 Å². The van der Waals surface area contributed by atoms with Crippen LogP contribution >= 0.6 is 0 Å². The summed E-state index contributed by atoms with van der Waals surface area (Å²) < 4.78 is 5.40. The van der Waals surface area contributed by atoms with Gasteiger partial charge >= 0.3 is 0 Å². The number of methoxy groups -OCH3 is 1. The molecular formula is C13H26N2O. The second-order valence-electron chi connectivity index (χ2n) is 5.41. The Hall–Kier alpha value is -0.120. The van der Waals surface area contributed by atoms with Crippen molar-refractivity contribution in [3.63, 3.8) is 0 Å². The van der Waals surface area contributed by atoms with Gasteiger partial charge < -0.3 is 10.1 Å². The minimum atomic E-state index is 0.354. The van der Waals surface area contributed by atoms with E-state index in [2.05, 4.69) is 24.1 Å². The van der Waals surface area contributed by atoms with E-state index in [1.165, 1.54) is 25.8 Å². The molecule has 1 saturated carbocycles. The molecule has 1 heterocycles. The highest BCUT2D eigenvalue weighted by molar-refractivity contribution is 4.94. The van der Waals surface area contributed by atoms with Crippen LogP contribution in [0.15, 0.2) is 0 Å². The fourth-order valence-corrected chi connectivity index (χ4v) is 2.73. The van der Waals surface area contributed by atoms with Gasteiger partial charge in [-0.2, -0.15) is 0 Å². The Kier molecular flexibility index (Phi) is 4.22. The number of nitrogens with one attached hydrogen (secondary N) is 1. The number of piperazine rings is 1. The molecule has 16 heavy (non-hydrogen) atoms. The summed E-state index contributed by atoms with van der Waals surface area (Å²) >= 11 is 0. The van der Waals surface area contributed by atoms with Crippen LogP contribution in [0.1, 0.15) is 33.1 Å². The molecule has 3 unspecified atom stereocenters. The quantitative estimate of drug-likeness (QED) is 0.768. The lowest BCUT2D eigenvalue weighted by Crippen LogP contribution is -2.58. The predicted octanol–water partition coefficient (Wildman–Crippen LogP) is 1.48. The fourth-order valence-electron chi connectivity index (χ4n) is 2.73. The van der Waals surface area contributed by atoms with Gasteiger partial charge in [0, 0.05) is 38.8 Å². The number of nitrogens with zero attached hydrogens (tertiary/aromatic N) is 1.